The lowest BCUT2D eigenvalue weighted by molar-refractivity contribution is 0.0662. The molecule has 0 aromatic carbocycles. The number of hydrogen-bond donors (Lipinski definition) is 2. The standard InChI is InChI=1S/C8H12N2O3/c1-3-4-5-6(7(11)12)13-8(9-2)10-5/h3-4H2,1-2H3,(H,9,10)(H,11,12). The molecule has 5 nitrogen and oxygen atoms in total. The number of anilines is 1. The van der Waals surface area contributed by atoms with Crippen LogP contribution in [0.1, 0.15) is 29.6 Å². The van der Waals surface area contributed by atoms with Crippen molar-refractivity contribution < 1.29 is 14.3 Å². The third-order valence-corrected chi connectivity index (χ3v) is 1.59. The molecule has 1 aromatic rings. The van der Waals surface area contributed by atoms with E-state index >= 15 is 0 Å². The predicted molar refractivity (Wildman–Crippen MR) is 47.0 cm³/mol. The molecule has 1 heterocycles. The summed E-state index contributed by atoms with van der Waals surface area (Å²) in [6.07, 6.45) is 1.46. The van der Waals surface area contributed by atoms with E-state index in [1.54, 1.807) is 7.05 Å². The van der Waals surface area contributed by atoms with Gasteiger partial charge in [-0.05, 0) is 6.42 Å². The van der Waals surface area contributed by atoms with Gasteiger partial charge in [0.25, 0.3) is 6.01 Å². The molecular formula is C8H12N2O3. The van der Waals surface area contributed by atoms with E-state index in [0.29, 0.717) is 12.1 Å². The maximum absolute atomic E-state index is 10.7. The second-order valence-electron chi connectivity index (χ2n) is 2.60. The summed E-state index contributed by atoms with van der Waals surface area (Å²) in [6, 6.07) is 0.251. The number of aryl methyl sites for hydroxylation is 1. The highest BCUT2D eigenvalue weighted by molar-refractivity contribution is 5.85. The minimum absolute atomic E-state index is 0.0637. The molecule has 0 aliphatic rings. The van der Waals surface area contributed by atoms with Gasteiger partial charge in [-0.3, -0.25) is 0 Å². The molecule has 5 heteroatoms. The Morgan fingerprint density at radius 1 is 1.69 bits per heavy atom. The Bertz CT molecular complexity index is 306. The average Bonchev–Trinajstić information content (AvgIpc) is 2.48. The second kappa shape index (κ2) is 3.93. The van der Waals surface area contributed by atoms with Crippen LogP contribution in [0.2, 0.25) is 0 Å². The van der Waals surface area contributed by atoms with Gasteiger partial charge in [0.15, 0.2) is 0 Å². The normalized spacial score (nSPS) is 10.0. The zero-order valence-corrected chi connectivity index (χ0v) is 7.63. The number of oxazole rings is 1. The third-order valence-electron chi connectivity index (χ3n) is 1.59. The zero-order valence-electron chi connectivity index (χ0n) is 7.63. The minimum Gasteiger partial charge on any atom is -0.475 e. The van der Waals surface area contributed by atoms with Gasteiger partial charge in [-0.25, -0.2) is 4.79 Å². The van der Waals surface area contributed by atoms with Gasteiger partial charge in [-0.1, -0.05) is 13.3 Å². The van der Waals surface area contributed by atoms with Gasteiger partial charge in [-0.2, -0.15) is 4.98 Å². The topological polar surface area (TPSA) is 75.4 Å². The van der Waals surface area contributed by atoms with Crippen LogP contribution >= 0.6 is 0 Å². The number of aromatic carboxylic acids is 1. The largest absolute Gasteiger partial charge is 0.475 e. The molecule has 0 aliphatic carbocycles. The van der Waals surface area contributed by atoms with Crippen molar-refractivity contribution in [3.63, 3.8) is 0 Å². The maximum Gasteiger partial charge on any atom is 0.373 e. The van der Waals surface area contributed by atoms with Crippen molar-refractivity contribution in [1.82, 2.24) is 4.98 Å². The van der Waals surface area contributed by atoms with Gasteiger partial charge in [0.1, 0.15) is 0 Å². The van der Waals surface area contributed by atoms with E-state index in [2.05, 4.69) is 10.3 Å². The predicted octanol–water partition coefficient (Wildman–Crippen LogP) is 1.37. The first-order chi connectivity index (χ1) is 6.19. The Kier molecular flexibility index (Phi) is 2.89. The first-order valence-electron chi connectivity index (χ1n) is 4.09. The van der Waals surface area contributed by atoms with Gasteiger partial charge in [0.05, 0.1) is 5.69 Å². The molecule has 72 valence electrons. The molecule has 0 spiro atoms. The summed E-state index contributed by atoms with van der Waals surface area (Å²) in [5.74, 6) is -1.14. The van der Waals surface area contributed by atoms with Gasteiger partial charge >= 0.3 is 5.97 Å². The van der Waals surface area contributed by atoms with Crippen LogP contribution in [0.3, 0.4) is 0 Å². The van der Waals surface area contributed by atoms with E-state index in [0.717, 1.165) is 6.42 Å². The van der Waals surface area contributed by atoms with Crippen molar-refractivity contribution >= 4 is 12.0 Å². The van der Waals surface area contributed by atoms with E-state index in [-0.39, 0.29) is 11.8 Å². The fraction of sp³-hybridized carbons (Fsp3) is 0.500. The lowest BCUT2D eigenvalue weighted by atomic mass is 10.2. The number of carbonyl (C=O) groups is 1. The molecule has 0 saturated carbocycles. The van der Waals surface area contributed by atoms with Crippen molar-refractivity contribution in [3.05, 3.63) is 11.5 Å². The van der Waals surface area contributed by atoms with E-state index in [4.69, 9.17) is 9.52 Å². The van der Waals surface area contributed by atoms with Gasteiger partial charge in [0.2, 0.25) is 5.76 Å². The van der Waals surface area contributed by atoms with Crippen LogP contribution in [-0.4, -0.2) is 23.1 Å². The first-order valence-corrected chi connectivity index (χ1v) is 4.09. The number of carboxylic acids is 1. The molecule has 0 bridgehead atoms. The number of rotatable bonds is 4. The Labute approximate surface area is 75.8 Å². The summed E-state index contributed by atoms with van der Waals surface area (Å²) in [6.45, 7) is 1.96. The fourth-order valence-corrected chi connectivity index (χ4v) is 1.03. The van der Waals surface area contributed by atoms with Crippen molar-refractivity contribution in [2.45, 2.75) is 19.8 Å². The van der Waals surface area contributed by atoms with Crippen molar-refractivity contribution in [2.24, 2.45) is 0 Å². The Morgan fingerprint density at radius 3 is 2.85 bits per heavy atom. The Morgan fingerprint density at radius 2 is 2.38 bits per heavy atom. The van der Waals surface area contributed by atoms with Gasteiger partial charge < -0.3 is 14.8 Å². The molecule has 0 radical (unpaired) electrons. The fourth-order valence-electron chi connectivity index (χ4n) is 1.03. The van der Waals surface area contributed by atoms with Crippen molar-refractivity contribution in [1.29, 1.82) is 0 Å². The van der Waals surface area contributed by atoms with E-state index in [1.807, 2.05) is 6.92 Å². The number of nitrogens with zero attached hydrogens (tertiary/aromatic N) is 1. The van der Waals surface area contributed by atoms with E-state index in [9.17, 15) is 4.79 Å². The molecule has 0 saturated heterocycles. The molecule has 13 heavy (non-hydrogen) atoms. The lowest BCUT2D eigenvalue weighted by Gasteiger charge is -1.90. The van der Waals surface area contributed by atoms with Crippen LogP contribution < -0.4 is 5.32 Å². The highest BCUT2D eigenvalue weighted by atomic mass is 16.4. The van der Waals surface area contributed by atoms with Crippen molar-refractivity contribution in [2.75, 3.05) is 12.4 Å². The van der Waals surface area contributed by atoms with Crippen LogP contribution in [0, 0.1) is 0 Å². The summed E-state index contributed by atoms with van der Waals surface area (Å²) < 4.78 is 4.96. The number of nitrogens with one attached hydrogen (secondary N) is 1. The van der Waals surface area contributed by atoms with Crippen LogP contribution in [0.25, 0.3) is 0 Å². The van der Waals surface area contributed by atoms with Crippen LogP contribution in [-0.2, 0) is 6.42 Å². The summed E-state index contributed by atoms with van der Waals surface area (Å²) >= 11 is 0. The molecular weight excluding hydrogens is 172 g/mol. The SMILES string of the molecule is CCCc1nc(NC)oc1C(=O)O. The summed E-state index contributed by atoms with van der Waals surface area (Å²) in [5.41, 5.74) is 0.499. The van der Waals surface area contributed by atoms with E-state index < -0.39 is 5.97 Å². The van der Waals surface area contributed by atoms with Crippen LogP contribution in [0.5, 0.6) is 0 Å². The zero-order chi connectivity index (χ0) is 9.84. The average molecular weight is 184 g/mol. The van der Waals surface area contributed by atoms with E-state index in [1.165, 1.54) is 0 Å². The smallest absolute Gasteiger partial charge is 0.373 e. The Balaban J connectivity index is 3.00. The number of carboxylic acid groups (broad SMARTS) is 1. The minimum atomic E-state index is -1.07. The monoisotopic (exact) mass is 184 g/mol. The van der Waals surface area contributed by atoms with Crippen molar-refractivity contribution in [3.8, 4) is 0 Å². The lowest BCUT2D eigenvalue weighted by Crippen LogP contribution is -1.99. The molecule has 0 fully saturated rings. The highest BCUT2D eigenvalue weighted by Gasteiger charge is 2.17. The highest BCUT2D eigenvalue weighted by Crippen LogP contribution is 2.16. The quantitative estimate of drug-likeness (QED) is 0.739. The molecule has 0 atom stereocenters. The first kappa shape index (κ1) is 9.57. The number of aromatic nitrogens is 1. The number of hydrogen-bond acceptors (Lipinski definition) is 4. The molecule has 1 rings (SSSR count). The van der Waals surface area contributed by atoms with Crippen LogP contribution in [0.4, 0.5) is 6.01 Å². The molecule has 2 N–H and O–H groups in total. The summed E-state index contributed by atoms with van der Waals surface area (Å²) in [4.78, 5) is 14.6. The van der Waals surface area contributed by atoms with Gasteiger partial charge in [-0.15, -0.1) is 0 Å². The second-order valence-corrected chi connectivity index (χ2v) is 2.60. The van der Waals surface area contributed by atoms with Crippen LogP contribution in [0.15, 0.2) is 4.42 Å². The Hall–Kier alpha value is -1.52. The maximum atomic E-state index is 10.7. The molecule has 0 amide bonds. The molecule has 0 aliphatic heterocycles. The molecule has 0 unspecified atom stereocenters. The molecule has 1 aromatic heterocycles. The van der Waals surface area contributed by atoms with Gasteiger partial charge in [0, 0.05) is 7.05 Å². The third kappa shape index (κ3) is 1.99. The summed E-state index contributed by atoms with van der Waals surface area (Å²) in [7, 11) is 1.63. The summed E-state index contributed by atoms with van der Waals surface area (Å²) in [5, 5.41) is 11.4.